The molecule has 132 valence electrons. The highest BCUT2D eigenvalue weighted by molar-refractivity contribution is 7.99. The molecule has 0 bridgehead atoms. The lowest BCUT2D eigenvalue weighted by atomic mass is 9.97. The van der Waals surface area contributed by atoms with Crippen LogP contribution in [0.1, 0.15) is 33.9 Å². The third-order valence-electron chi connectivity index (χ3n) is 4.30. The van der Waals surface area contributed by atoms with Crippen LogP contribution in [0.3, 0.4) is 0 Å². The normalized spacial score (nSPS) is 15.5. The number of rotatable bonds is 6. The van der Waals surface area contributed by atoms with E-state index in [2.05, 4.69) is 18.2 Å². The van der Waals surface area contributed by atoms with Crippen LogP contribution in [0.5, 0.6) is 5.75 Å². The SMILES string of the molecule is COC(=O)CCc1ccc2c(c1)C(SCCO)c1ccccc1CO2. The zero-order valence-electron chi connectivity index (χ0n) is 14.2. The van der Waals surface area contributed by atoms with Gasteiger partial charge in [0.05, 0.1) is 19.0 Å². The van der Waals surface area contributed by atoms with Gasteiger partial charge in [0, 0.05) is 17.7 Å². The lowest BCUT2D eigenvalue weighted by Crippen LogP contribution is -2.04. The number of carbonyl (C=O) groups excluding carboxylic acids is 1. The Morgan fingerprint density at radius 2 is 2.12 bits per heavy atom. The summed E-state index contributed by atoms with van der Waals surface area (Å²) in [5.74, 6) is 1.32. The van der Waals surface area contributed by atoms with E-state index in [1.807, 2.05) is 24.3 Å². The van der Waals surface area contributed by atoms with Gasteiger partial charge in [-0.2, -0.15) is 0 Å². The van der Waals surface area contributed by atoms with Gasteiger partial charge in [-0.1, -0.05) is 36.4 Å². The smallest absolute Gasteiger partial charge is 0.305 e. The molecule has 0 aromatic heterocycles. The fourth-order valence-corrected chi connectivity index (χ4v) is 4.15. The van der Waals surface area contributed by atoms with Crippen molar-refractivity contribution >= 4 is 17.7 Å². The Morgan fingerprint density at radius 3 is 2.92 bits per heavy atom. The minimum absolute atomic E-state index is 0.110. The summed E-state index contributed by atoms with van der Waals surface area (Å²) in [7, 11) is 1.41. The zero-order chi connectivity index (χ0) is 17.6. The molecule has 0 amide bonds. The average Bonchev–Trinajstić information content (AvgIpc) is 2.81. The van der Waals surface area contributed by atoms with E-state index in [4.69, 9.17) is 9.47 Å². The Morgan fingerprint density at radius 1 is 1.28 bits per heavy atom. The maximum absolute atomic E-state index is 11.4. The third-order valence-corrected chi connectivity index (χ3v) is 5.56. The molecule has 25 heavy (non-hydrogen) atoms. The van der Waals surface area contributed by atoms with E-state index in [1.54, 1.807) is 11.8 Å². The van der Waals surface area contributed by atoms with Gasteiger partial charge in [0.25, 0.3) is 0 Å². The summed E-state index contributed by atoms with van der Waals surface area (Å²) in [6, 6.07) is 14.4. The van der Waals surface area contributed by atoms with Crippen LogP contribution < -0.4 is 4.74 Å². The highest BCUT2D eigenvalue weighted by Gasteiger charge is 2.25. The van der Waals surface area contributed by atoms with E-state index in [9.17, 15) is 9.90 Å². The zero-order valence-corrected chi connectivity index (χ0v) is 15.1. The molecule has 1 N–H and O–H groups in total. The monoisotopic (exact) mass is 358 g/mol. The molecule has 0 spiro atoms. The van der Waals surface area contributed by atoms with Gasteiger partial charge in [-0.05, 0) is 29.2 Å². The highest BCUT2D eigenvalue weighted by atomic mass is 32.2. The maximum atomic E-state index is 11.4. The second kappa shape index (κ2) is 8.41. The minimum Gasteiger partial charge on any atom is -0.489 e. The summed E-state index contributed by atoms with van der Waals surface area (Å²) in [5.41, 5.74) is 4.59. The Kier molecular flexibility index (Phi) is 6.00. The molecule has 4 nitrogen and oxygen atoms in total. The van der Waals surface area contributed by atoms with E-state index >= 15 is 0 Å². The van der Waals surface area contributed by atoms with Gasteiger partial charge >= 0.3 is 5.97 Å². The number of hydrogen-bond donors (Lipinski definition) is 1. The van der Waals surface area contributed by atoms with E-state index in [0.717, 1.165) is 16.9 Å². The molecular formula is C20H22O4S. The number of carbonyl (C=O) groups is 1. The molecule has 0 fully saturated rings. The number of thioether (sulfide) groups is 1. The second-order valence-electron chi connectivity index (χ2n) is 5.91. The maximum Gasteiger partial charge on any atom is 0.305 e. The van der Waals surface area contributed by atoms with Gasteiger partial charge < -0.3 is 14.6 Å². The van der Waals surface area contributed by atoms with Crippen molar-refractivity contribution in [3.63, 3.8) is 0 Å². The molecule has 1 aliphatic rings. The average molecular weight is 358 g/mol. The van der Waals surface area contributed by atoms with Crippen molar-refractivity contribution in [1.29, 1.82) is 0 Å². The number of aryl methyl sites for hydroxylation is 1. The van der Waals surface area contributed by atoms with Crippen molar-refractivity contribution in [1.82, 2.24) is 0 Å². The minimum atomic E-state index is -0.206. The summed E-state index contributed by atoms with van der Waals surface area (Å²) in [6.45, 7) is 0.683. The number of methoxy groups -OCH3 is 1. The van der Waals surface area contributed by atoms with Crippen LogP contribution in [0, 0.1) is 0 Å². The number of benzene rings is 2. The number of esters is 1. The molecule has 0 radical (unpaired) electrons. The number of aliphatic hydroxyl groups is 1. The fourth-order valence-electron chi connectivity index (χ4n) is 3.03. The van der Waals surface area contributed by atoms with Crippen molar-refractivity contribution in [3.05, 3.63) is 64.7 Å². The van der Waals surface area contributed by atoms with Crippen LogP contribution >= 0.6 is 11.8 Å². The van der Waals surface area contributed by atoms with Gasteiger partial charge in [-0.3, -0.25) is 4.79 Å². The summed E-state index contributed by atoms with van der Waals surface area (Å²) in [4.78, 5) is 11.4. The lowest BCUT2D eigenvalue weighted by molar-refractivity contribution is -0.140. The number of hydrogen-bond acceptors (Lipinski definition) is 5. The number of fused-ring (bicyclic) bond motifs is 2. The fraction of sp³-hybridized carbons (Fsp3) is 0.350. The molecule has 1 unspecified atom stereocenters. The summed E-state index contributed by atoms with van der Waals surface area (Å²) in [6.07, 6.45) is 1.00. The standard InChI is InChI=1S/C20H22O4S/c1-23-19(22)9-7-14-6-8-18-17(12-14)20(25-11-10-21)16-5-3-2-4-15(16)13-24-18/h2-6,8,12,20-21H,7,9-11,13H2,1H3. The molecule has 5 heteroatoms. The van der Waals surface area contributed by atoms with Gasteiger partial charge in [0.2, 0.25) is 0 Å². The molecule has 0 saturated heterocycles. The van der Waals surface area contributed by atoms with Gasteiger partial charge in [0.15, 0.2) is 0 Å². The Hall–Kier alpha value is -1.98. The van der Waals surface area contributed by atoms with Crippen LogP contribution in [-0.2, 0) is 22.6 Å². The quantitative estimate of drug-likeness (QED) is 0.801. The van der Waals surface area contributed by atoms with Gasteiger partial charge in [-0.25, -0.2) is 0 Å². The summed E-state index contributed by atoms with van der Waals surface area (Å²) < 4.78 is 10.7. The number of aliphatic hydroxyl groups excluding tert-OH is 1. The molecule has 1 heterocycles. The van der Waals surface area contributed by atoms with E-state index in [0.29, 0.717) is 25.2 Å². The Balaban J connectivity index is 1.95. The first kappa shape index (κ1) is 17.8. The first-order valence-corrected chi connectivity index (χ1v) is 9.40. The van der Waals surface area contributed by atoms with Crippen molar-refractivity contribution in [2.24, 2.45) is 0 Å². The van der Waals surface area contributed by atoms with Crippen molar-refractivity contribution in [2.45, 2.75) is 24.7 Å². The van der Waals surface area contributed by atoms with Crippen LogP contribution in [-0.4, -0.2) is 30.5 Å². The van der Waals surface area contributed by atoms with Crippen LogP contribution in [0.15, 0.2) is 42.5 Å². The Bertz CT molecular complexity index is 744. The molecule has 1 atom stereocenters. The molecule has 2 aromatic rings. The first-order valence-electron chi connectivity index (χ1n) is 8.35. The molecule has 3 rings (SSSR count). The van der Waals surface area contributed by atoms with Crippen LogP contribution in [0.4, 0.5) is 0 Å². The van der Waals surface area contributed by atoms with E-state index in [1.165, 1.54) is 18.2 Å². The second-order valence-corrected chi connectivity index (χ2v) is 7.12. The topological polar surface area (TPSA) is 55.8 Å². The molecule has 0 aliphatic carbocycles. The van der Waals surface area contributed by atoms with E-state index < -0.39 is 0 Å². The van der Waals surface area contributed by atoms with Crippen molar-refractivity contribution in [2.75, 3.05) is 19.5 Å². The molecule has 2 aromatic carbocycles. The summed E-state index contributed by atoms with van der Waals surface area (Å²) in [5, 5.41) is 9.40. The molecule has 1 aliphatic heterocycles. The lowest BCUT2D eigenvalue weighted by Gasteiger charge is -2.19. The van der Waals surface area contributed by atoms with Crippen LogP contribution in [0.2, 0.25) is 0 Å². The van der Waals surface area contributed by atoms with Gasteiger partial charge in [0.1, 0.15) is 12.4 Å². The third kappa shape index (κ3) is 4.17. The largest absolute Gasteiger partial charge is 0.489 e. The van der Waals surface area contributed by atoms with Crippen molar-refractivity contribution < 1.29 is 19.4 Å². The first-order chi connectivity index (χ1) is 12.2. The van der Waals surface area contributed by atoms with Crippen molar-refractivity contribution in [3.8, 4) is 5.75 Å². The molecular weight excluding hydrogens is 336 g/mol. The Labute approximate surface area is 152 Å². The number of ether oxygens (including phenoxy) is 2. The highest BCUT2D eigenvalue weighted by Crippen LogP contribution is 2.44. The summed E-state index contributed by atoms with van der Waals surface area (Å²) >= 11 is 1.71. The van der Waals surface area contributed by atoms with Gasteiger partial charge in [-0.15, -0.1) is 11.8 Å². The predicted octanol–water partition coefficient (Wildman–Crippen LogP) is 3.50. The predicted molar refractivity (Wildman–Crippen MR) is 98.9 cm³/mol. The van der Waals surface area contributed by atoms with Crippen LogP contribution in [0.25, 0.3) is 0 Å². The molecule has 0 saturated carbocycles. The van der Waals surface area contributed by atoms with E-state index in [-0.39, 0.29) is 17.8 Å².